The molecule has 7 heteroatoms. The molecule has 2 heterocycles. The summed E-state index contributed by atoms with van der Waals surface area (Å²) < 4.78 is 10.8. The number of hydrogen-bond acceptors (Lipinski definition) is 4. The summed E-state index contributed by atoms with van der Waals surface area (Å²) in [6.07, 6.45) is 0.322. The third-order valence-electron chi connectivity index (χ3n) is 4.74. The number of aromatic amines is 1. The van der Waals surface area contributed by atoms with Gasteiger partial charge in [0.25, 0.3) is 0 Å². The highest BCUT2D eigenvalue weighted by Crippen LogP contribution is 2.43. The fourth-order valence-electron chi connectivity index (χ4n) is 3.45. The molecule has 6 nitrogen and oxygen atoms in total. The number of nitrogens with zero attached hydrogens (tertiary/aromatic N) is 1. The van der Waals surface area contributed by atoms with Gasteiger partial charge in [-0.2, -0.15) is 5.10 Å². The Balaban J connectivity index is 1.84. The minimum absolute atomic E-state index is 0.0727. The molecule has 0 aliphatic carbocycles. The van der Waals surface area contributed by atoms with E-state index >= 15 is 0 Å². The molecule has 2 N–H and O–H groups in total. The lowest BCUT2D eigenvalue weighted by molar-refractivity contribution is -0.116. The Morgan fingerprint density at radius 1 is 1.07 bits per heavy atom. The number of carbonyl (C=O) groups is 1. The van der Waals surface area contributed by atoms with E-state index in [2.05, 4.69) is 15.5 Å². The molecule has 0 bridgehead atoms. The second-order valence-corrected chi connectivity index (χ2v) is 6.72. The lowest BCUT2D eigenvalue weighted by Gasteiger charge is -2.24. The molecule has 3 aromatic rings. The topological polar surface area (TPSA) is 76.2 Å². The van der Waals surface area contributed by atoms with Gasteiger partial charge in [0, 0.05) is 28.5 Å². The Bertz CT molecular complexity index is 998. The van der Waals surface area contributed by atoms with E-state index in [-0.39, 0.29) is 11.8 Å². The van der Waals surface area contributed by atoms with Crippen LogP contribution >= 0.6 is 11.6 Å². The lowest BCUT2D eigenvalue weighted by Crippen LogP contribution is -2.23. The summed E-state index contributed by atoms with van der Waals surface area (Å²) in [4.78, 5) is 12.2. The van der Waals surface area contributed by atoms with Crippen LogP contribution in [0.4, 0.5) is 5.82 Å². The molecule has 1 aromatic heterocycles. The number of aromatic nitrogens is 2. The monoisotopic (exact) mass is 383 g/mol. The number of halogens is 1. The van der Waals surface area contributed by atoms with E-state index in [1.54, 1.807) is 14.2 Å². The Kier molecular flexibility index (Phi) is 4.49. The summed E-state index contributed by atoms with van der Waals surface area (Å²) >= 11 is 6.01. The van der Waals surface area contributed by atoms with Crippen LogP contribution in [-0.2, 0) is 4.79 Å². The van der Waals surface area contributed by atoms with E-state index in [0.717, 1.165) is 22.4 Å². The molecule has 1 atom stereocenters. The summed E-state index contributed by atoms with van der Waals surface area (Å²) in [5.74, 6) is 1.59. The summed E-state index contributed by atoms with van der Waals surface area (Å²) in [5, 5.41) is 10.9. The van der Waals surface area contributed by atoms with Gasteiger partial charge in [0.2, 0.25) is 5.91 Å². The highest BCUT2D eigenvalue weighted by atomic mass is 35.5. The third kappa shape index (κ3) is 3.13. The third-order valence-corrected chi connectivity index (χ3v) is 4.99. The molecule has 0 radical (unpaired) electrons. The van der Waals surface area contributed by atoms with Crippen molar-refractivity contribution >= 4 is 23.3 Å². The van der Waals surface area contributed by atoms with E-state index in [4.69, 9.17) is 21.1 Å². The zero-order valence-electron chi connectivity index (χ0n) is 14.9. The molecular weight excluding hydrogens is 366 g/mol. The largest absolute Gasteiger partial charge is 0.493 e. The maximum atomic E-state index is 12.2. The average molecular weight is 384 g/mol. The fourth-order valence-corrected chi connectivity index (χ4v) is 3.57. The number of rotatable bonds is 4. The van der Waals surface area contributed by atoms with Gasteiger partial charge in [-0.3, -0.25) is 9.89 Å². The minimum atomic E-state index is -0.155. The summed E-state index contributed by atoms with van der Waals surface area (Å²) in [5.41, 5.74) is 3.72. The zero-order valence-corrected chi connectivity index (χ0v) is 15.6. The Morgan fingerprint density at radius 2 is 1.81 bits per heavy atom. The molecule has 1 aliphatic heterocycles. The number of amides is 1. The van der Waals surface area contributed by atoms with Gasteiger partial charge in [0.15, 0.2) is 17.3 Å². The predicted molar refractivity (Wildman–Crippen MR) is 104 cm³/mol. The van der Waals surface area contributed by atoms with Gasteiger partial charge in [-0.05, 0) is 29.8 Å². The second kappa shape index (κ2) is 6.96. The molecular formula is C20H18ClN3O3. The smallest absolute Gasteiger partial charge is 0.226 e. The fraction of sp³-hybridized carbons (Fsp3) is 0.200. The van der Waals surface area contributed by atoms with Crippen molar-refractivity contribution in [2.75, 3.05) is 19.5 Å². The van der Waals surface area contributed by atoms with Crippen LogP contribution < -0.4 is 14.8 Å². The van der Waals surface area contributed by atoms with Crippen LogP contribution in [0.2, 0.25) is 5.02 Å². The quantitative estimate of drug-likeness (QED) is 0.707. The number of H-pyrrole nitrogens is 1. The summed E-state index contributed by atoms with van der Waals surface area (Å²) in [7, 11) is 3.19. The Morgan fingerprint density at radius 3 is 2.52 bits per heavy atom. The number of nitrogens with one attached hydrogen (secondary N) is 2. The van der Waals surface area contributed by atoms with Crippen molar-refractivity contribution in [2.45, 2.75) is 12.3 Å². The molecule has 138 valence electrons. The van der Waals surface area contributed by atoms with Crippen molar-refractivity contribution in [3.8, 4) is 22.8 Å². The van der Waals surface area contributed by atoms with E-state index in [9.17, 15) is 4.79 Å². The first-order chi connectivity index (χ1) is 13.1. The Hall–Kier alpha value is -2.99. The maximum absolute atomic E-state index is 12.2. The van der Waals surface area contributed by atoms with Crippen molar-refractivity contribution in [2.24, 2.45) is 0 Å². The highest BCUT2D eigenvalue weighted by molar-refractivity contribution is 6.30. The van der Waals surface area contributed by atoms with Gasteiger partial charge in [-0.15, -0.1) is 0 Å². The van der Waals surface area contributed by atoms with Crippen molar-refractivity contribution in [1.29, 1.82) is 0 Å². The van der Waals surface area contributed by atoms with E-state index in [0.29, 0.717) is 28.8 Å². The second-order valence-electron chi connectivity index (χ2n) is 6.29. The van der Waals surface area contributed by atoms with Gasteiger partial charge in [0.05, 0.1) is 19.9 Å². The SMILES string of the molecule is COc1ccc([C@H]2CC(=O)Nc3n[nH]c(-c4ccc(Cl)cc4)c32)cc1OC. The molecule has 0 spiro atoms. The van der Waals surface area contributed by atoms with E-state index in [1.807, 2.05) is 42.5 Å². The molecule has 0 unspecified atom stereocenters. The molecule has 0 fully saturated rings. The number of carbonyl (C=O) groups excluding carboxylic acids is 1. The lowest BCUT2D eigenvalue weighted by atomic mass is 9.84. The van der Waals surface area contributed by atoms with Gasteiger partial charge < -0.3 is 14.8 Å². The van der Waals surface area contributed by atoms with Crippen molar-refractivity contribution in [3.05, 3.63) is 58.6 Å². The van der Waals surface area contributed by atoms with E-state index < -0.39 is 0 Å². The van der Waals surface area contributed by atoms with Crippen LogP contribution in [0.25, 0.3) is 11.3 Å². The number of anilines is 1. The Labute approximate surface area is 161 Å². The van der Waals surface area contributed by atoms with Gasteiger partial charge in [-0.1, -0.05) is 29.8 Å². The first-order valence-electron chi connectivity index (χ1n) is 8.46. The highest BCUT2D eigenvalue weighted by Gasteiger charge is 2.32. The number of ether oxygens (including phenoxy) is 2. The molecule has 4 rings (SSSR count). The molecule has 0 saturated carbocycles. The molecule has 27 heavy (non-hydrogen) atoms. The van der Waals surface area contributed by atoms with Crippen molar-refractivity contribution in [1.82, 2.24) is 10.2 Å². The van der Waals surface area contributed by atoms with Crippen LogP contribution in [0.3, 0.4) is 0 Å². The van der Waals surface area contributed by atoms with Gasteiger partial charge in [0.1, 0.15) is 0 Å². The van der Waals surface area contributed by atoms with Crippen LogP contribution in [0.15, 0.2) is 42.5 Å². The van der Waals surface area contributed by atoms with Crippen LogP contribution in [0.1, 0.15) is 23.5 Å². The van der Waals surface area contributed by atoms with Gasteiger partial charge >= 0.3 is 0 Å². The van der Waals surface area contributed by atoms with Crippen LogP contribution in [0, 0.1) is 0 Å². The number of hydrogen-bond donors (Lipinski definition) is 2. The van der Waals surface area contributed by atoms with Crippen LogP contribution in [-0.4, -0.2) is 30.3 Å². The predicted octanol–water partition coefficient (Wildman–Crippen LogP) is 4.22. The number of methoxy groups -OCH3 is 2. The van der Waals surface area contributed by atoms with E-state index in [1.165, 1.54) is 0 Å². The normalized spacial score (nSPS) is 15.8. The first kappa shape index (κ1) is 17.4. The molecule has 2 aromatic carbocycles. The van der Waals surface area contributed by atoms with Crippen LogP contribution in [0.5, 0.6) is 11.5 Å². The van der Waals surface area contributed by atoms with Crippen molar-refractivity contribution in [3.63, 3.8) is 0 Å². The average Bonchev–Trinajstić information content (AvgIpc) is 3.11. The van der Waals surface area contributed by atoms with Gasteiger partial charge in [-0.25, -0.2) is 0 Å². The maximum Gasteiger partial charge on any atom is 0.226 e. The number of benzene rings is 2. The summed E-state index contributed by atoms with van der Waals surface area (Å²) in [6, 6.07) is 13.2. The molecule has 0 saturated heterocycles. The first-order valence-corrected chi connectivity index (χ1v) is 8.84. The number of fused-ring (bicyclic) bond motifs is 1. The zero-order chi connectivity index (χ0) is 19.0. The standard InChI is InChI=1S/C20H18ClN3O3/c1-26-15-8-5-12(9-16(15)27-2)14-10-17(25)22-20-18(14)19(23-24-20)11-3-6-13(21)7-4-11/h3-9,14H,10H2,1-2H3,(H2,22,23,24,25)/t14-/m1/s1. The summed E-state index contributed by atoms with van der Waals surface area (Å²) in [6.45, 7) is 0. The molecule has 1 amide bonds. The minimum Gasteiger partial charge on any atom is -0.493 e. The molecule has 1 aliphatic rings. The van der Waals surface area contributed by atoms with Crippen molar-refractivity contribution < 1.29 is 14.3 Å².